The van der Waals surface area contributed by atoms with E-state index in [4.69, 9.17) is 9.47 Å². The van der Waals surface area contributed by atoms with Crippen molar-refractivity contribution >= 4 is 18.0 Å². The van der Waals surface area contributed by atoms with Crippen LogP contribution in [0, 0.1) is 5.92 Å². The van der Waals surface area contributed by atoms with Gasteiger partial charge in [0, 0.05) is 0 Å². The highest BCUT2D eigenvalue weighted by Crippen LogP contribution is 2.10. The molecule has 0 aliphatic heterocycles. The number of hydrogen-bond donors (Lipinski definition) is 2. The van der Waals surface area contributed by atoms with Crippen LogP contribution in [-0.2, 0) is 19.1 Å². The number of nitrogens with one attached hydrogen (secondary N) is 2. The molecule has 2 amide bonds. The first-order valence-electron chi connectivity index (χ1n) is 8.15. The van der Waals surface area contributed by atoms with Crippen LogP contribution < -0.4 is 10.6 Å². The molecule has 140 valence electrons. The third kappa shape index (κ3) is 9.37. The Morgan fingerprint density at radius 2 is 1.25 bits per heavy atom. The average molecular weight is 344 g/mol. The van der Waals surface area contributed by atoms with Crippen molar-refractivity contribution in [2.75, 3.05) is 0 Å². The van der Waals surface area contributed by atoms with Gasteiger partial charge in [-0.3, -0.25) is 4.79 Å². The van der Waals surface area contributed by atoms with Gasteiger partial charge >= 0.3 is 12.1 Å². The molecular formula is C17H32N2O5. The summed E-state index contributed by atoms with van der Waals surface area (Å²) in [6.07, 6.45) is -0.679. The molecule has 0 radical (unpaired) electrons. The fourth-order valence-corrected chi connectivity index (χ4v) is 1.72. The lowest BCUT2D eigenvalue weighted by Gasteiger charge is -2.27. The second kappa shape index (κ2) is 8.35. The van der Waals surface area contributed by atoms with Gasteiger partial charge in [-0.1, -0.05) is 13.8 Å². The van der Waals surface area contributed by atoms with Crippen LogP contribution in [0.1, 0.15) is 62.3 Å². The van der Waals surface area contributed by atoms with Gasteiger partial charge in [0.15, 0.2) is 0 Å². The summed E-state index contributed by atoms with van der Waals surface area (Å²) in [6, 6.07) is -1.64. The van der Waals surface area contributed by atoms with Gasteiger partial charge in [-0.2, -0.15) is 0 Å². The molecule has 0 heterocycles. The topological polar surface area (TPSA) is 93.7 Å². The molecule has 0 spiro atoms. The molecule has 7 heteroatoms. The summed E-state index contributed by atoms with van der Waals surface area (Å²) in [6.45, 7) is 15.6. The highest BCUT2D eigenvalue weighted by atomic mass is 16.6. The number of carbonyl (C=O) groups excluding carboxylic acids is 3. The molecule has 24 heavy (non-hydrogen) atoms. The fraction of sp³-hybridized carbons (Fsp3) is 0.824. The van der Waals surface area contributed by atoms with Crippen molar-refractivity contribution in [3.05, 3.63) is 0 Å². The zero-order valence-corrected chi connectivity index (χ0v) is 16.3. The van der Waals surface area contributed by atoms with E-state index in [9.17, 15) is 14.4 Å². The van der Waals surface area contributed by atoms with Crippen LogP contribution in [0.2, 0.25) is 0 Å². The molecule has 0 saturated carbocycles. The number of rotatable bonds is 5. The van der Waals surface area contributed by atoms with Gasteiger partial charge in [-0.05, 0) is 54.4 Å². The third-order valence-electron chi connectivity index (χ3n) is 2.74. The molecule has 0 fully saturated rings. The van der Waals surface area contributed by atoms with Gasteiger partial charge in [-0.25, -0.2) is 9.59 Å². The molecule has 0 aromatic heterocycles. The first-order valence-corrected chi connectivity index (χ1v) is 8.15. The molecule has 0 aliphatic rings. The zero-order valence-electron chi connectivity index (χ0n) is 16.3. The van der Waals surface area contributed by atoms with Crippen LogP contribution >= 0.6 is 0 Å². The van der Waals surface area contributed by atoms with Crippen molar-refractivity contribution in [1.82, 2.24) is 10.6 Å². The fourth-order valence-electron chi connectivity index (χ4n) is 1.72. The van der Waals surface area contributed by atoms with E-state index in [0.717, 1.165) is 0 Å². The lowest BCUT2D eigenvalue weighted by atomic mass is 10.0. The quantitative estimate of drug-likeness (QED) is 0.747. The Labute approximate surface area is 144 Å². The van der Waals surface area contributed by atoms with Crippen LogP contribution in [0.4, 0.5) is 4.79 Å². The van der Waals surface area contributed by atoms with Gasteiger partial charge in [-0.15, -0.1) is 0 Å². The first kappa shape index (κ1) is 22.2. The summed E-state index contributed by atoms with van der Waals surface area (Å²) < 4.78 is 10.4. The minimum absolute atomic E-state index is 0.177. The lowest BCUT2D eigenvalue weighted by Crippen LogP contribution is -2.54. The zero-order chi connectivity index (χ0) is 19.3. The van der Waals surface area contributed by atoms with Gasteiger partial charge < -0.3 is 20.1 Å². The molecule has 2 atom stereocenters. The molecule has 0 aromatic rings. The maximum atomic E-state index is 12.4. The van der Waals surface area contributed by atoms with Gasteiger partial charge in [0.2, 0.25) is 5.91 Å². The summed E-state index contributed by atoms with van der Waals surface area (Å²) in [5.41, 5.74) is -1.30. The Balaban J connectivity index is 4.81. The van der Waals surface area contributed by atoms with E-state index in [0.29, 0.717) is 0 Å². The monoisotopic (exact) mass is 344 g/mol. The molecule has 0 aromatic carbocycles. The molecule has 2 N–H and O–H groups in total. The Bertz CT molecular complexity index is 461. The van der Waals surface area contributed by atoms with Crippen LogP contribution in [0.3, 0.4) is 0 Å². The highest BCUT2D eigenvalue weighted by Gasteiger charge is 2.30. The van der Waals surface area contributed by atoms with Crippen LogP contribution in [0.25, 0.3) is 0 Å². The van der Waals surface area contributed by atoms with E-state index >= 15 is 0 Å². The summed E-state index contributed by atoms with van der Waals surface area (Å²) in [4.78, 5) is 36.2. The van der Waals surface area contributed by atoms with Crippen molar-refractivity contribution in [3.63, 3.8) is 0 Å². The number of carbonyl (C=O) groups is 3. The van der Waals surface area contributed by atoms with Gasteiger partial charge in [0.05, 0.1) is 0 Å². The van der Waals surface area contributed by atoms with Crippen molar-refractivity contribution in [3.8, 4) is 0 Å². The second-order valence-corrected chi connectivity index (χ2v) is 8.13. The predicted octanol–water partition coefficient (Wildman–Crippen LogP) is 2.38. The minimum atomic E-state index is -0.821. The third-order valence-corrected chi connectivity index (χ3v) is 2.74. The number of amides is 2. The molecule has 0 unspecified atom stereocenters. The van der Waals surface area contributed by atoms with E-state index in [1.165, 1.54) is 6.92 Å². The van der Waals surface area contributed by atoms with Gasteiger partial charge in [0.25, 0.3) is 0 Å². The smallest absolute Gasteiger partial charge is 0.408 e. The Kier molecular flexibility index (Phi) is 7.73. The van der Waals surface area contributed by atoms with Crippen molar-refractivity contribution in [2.45, 2.75) is 85.6 Å². The first-order chi connectivity index (χ1) is 10.6. The van der Waals surface area contributed by atoms with Crippen LogP contribution in [0.15, 0.2) is 0 Å². The van der Waals surface area contributed by atoms with E-state index in [-0.39, 0.29) is 5.92 Å². The highest BCUT2D eigenvalue weighted by molar-refractivity contribution is 5.89. The normalized spacial score (nSPS) is 14.6. The van der Waals surface area contributed by atoms with Crippen molar-refractivity contribution in [1.29, 1.82) is 0 Å². The molecule has 0 aliphatic carbocycles. The summed E-state index contributed by atoms with van der Waals surface area (Å²) in [5.74, 6) is -1.17. The predicted molar refractivity (Wildman–Crippen MR) is 91.4 cm³/mol. The van der Waals surface area contributed by atoms with Crippen LogP contribution in [-0.4, -0.2) is 41.3 Å². The van der Waals surface area contributed by atoms with E-state index < -0.39 is 41.3 Å². The summed E-state index contributed by atoms with van der Waals surface area (Å²) in [5, 5.41) is 5.11. The summed E-state index contributed by atoms with van der Waals surface area (Å²) >= 11 is 0. The Morgan fingerprint density at radius 3 is 1.62 bits per heavy atom. The maximum absolute atomic E-state index is 12.4. The Hall–Kier alpha value is -1.79. The van der Waals surface area contributed by atoms with Gasteiger partial charge in [0.1, 0.15) is 23.3 Å². The molecule has 0 saturated heterocycles. The van der Waals surface area contributed by atoms with E-state index in [2.05, 4.69) is 10.6 Å². The number of alkyl carbamates (subject to hydrolysis) is 1. The standard InChI is InChI=1S/C17H32N2O5/c1-10(2)12(19-15(22)24-17(7,8)9)13(20)18-11(3)14(21)23-16(4,5)6/h10-12H,1-9H3,(H,18,20)(H,19,22)/t11-,12-/m0/s1. The van der Waals surface area contributed by atoms with E-state index in [1.807, 2.05) is 0 Å². The summed E-state index contributed by atoms with van der Waals surface area (Å²) in [7, 11) is 0. The number of ether oxygens (including phenoxy) is 2. The van der Waals surface area contributed by atoms with Crippen LogP contribution in [0.5, 0.6) is 0 Å². The minimum Gasteiger partial charge on any atom is -0.458 e. The molecule has 0 rings (SSSR count). The second-order valence-electron chi connectivity index (χ2n) is 8.13. The van der Waals surface area contributed by atoms with Crippen molar-refractivity contribution in [2.24, 2.45) is 5.92 Å². The molecular weight excluding hydrogens is 312 g/mol. The largest absolute Gasteiger partial charge is 0.458 e. The Morgan fingerprint density at radius 1 is 0.792 bits per heavy atom. The number of esters is 1. The SMILES string of the molecule is CC(C)[C@H](NC(=O)OC(C)(C)C)C(=O)N[C@@H](C)C(=O)OC(C)(C)C. The average Bonchev–Trinajstić information content (AvgIpc) is 2.30. The maximum Gasteiger partial charge on any atom is 0.408 e. The van der Waals surface area contributed by atoms with E-state index in [1.54, 1.807) is 55.4 Å². The molecule has 7 nitrogen and oxygen atoms in total. The molecule has 0 bridgehead atoms. The number of hydrogen-bond acceptors (Lipinski definition) is 5. The lowest BCUT2D eigenvalue weighted by molar-refractivity contribution is -0.158. The van der Waals surface area contributed by atoms with Crippen molar-refractivity contribution < 1.29 is 23.9 Å².